The molecule has 0 radical (unpaired) electrons. The number of aryl methyl sites for hydroxylation is 1. The predicted molar refractivity (Wildman–Crippen MR) is 85.4 cm³/mol. The van der Waals surface area contributed by atoms with Crippen molar-refractivity contribution in [3.05, 3.63) is 23.8 Å². The molecule has 5 heteroatoms. The van der Waals surface area contributed by atoms with Gasteiger partial charge in [0.2, 0.25) is 0 Å². The molecule has 120 valence electrons. The summed E-state index contributed by atoms with van der Waals surface area (Å²) in [6, 6.07) is 5.60. The van der Waals surface area contributed by atoms with Crippen molar-refractivity contribution in [3.8, 4) is 5.75 Å². The molecule has 2 N–H and O–H groups in total. The molecule has 3 rings (SSSR count). The Balaban J connectivity index is 1.62. The summed E-state index contributed by atoms with van der Waals surface area (Å²) in [6.07, 6.45) is 4.30. The van der Waals surface area contributed by atoms with E-state index < -0.39 is 0 Å². The normalized spacial score (nSPS) is 22.7. The number of rotatable bonds is 4. The van der Waals surface area contributed by atoms with Gasteiger partial charge in [0.05, 0.1) is 13.2 Å². The summed E-state index contributed by atoms with van der Waals surface area (Å²) in [5, 5.41) is 5.94. The number of hydrogen-bond acceptors (Lipinski definition) is 3. The van der Waals surface area contributed by atoms with E-state index in [2.05, 4.69) is 17.6 Å². The van der Waals surface area contributed by atoms with Crippen molar-refractivity contribution in [2.75, 3.05) is 18.5 Å². The van der Waals surface area contributed by atoms with E-state index in [1.165, 1.54) is 6.42 Å². The average Bonchev–Trinajstić information content (AvgIpc) is 2.93. The van der Waals surface area contributed by atoms with Crippen molar-refractivity contribution in [3.63, 3.8) is 0 Å². The van der Waals surface area contributed by atoms with Crippen molar-refractivity contribution in [2.45, 2.75) is 51.2 Å². The lowest BCUT2D eigenvalue weighted by Crippen LogP contribution is -2.52. The molecule has 1 aliphatic carbocycles. The molecule has 1 atom stereocenters. The molecule has 2 fully saturated rings. The topological polar surface area (TPSA) is 59.6 Å². The first-order chi connectivity index (χ1) is 10.5. The molecule has 1 aromatic rings. The molecule has 5 nitrogen and oxygen atoms in total. The highest BCUT2D eigenvalue weighted by molar-refractivity contribution is 5.90. The molecule has 1 heterocycles. The van der Waals surface area contributed by atoms with Gasteiger partial charge in [-0.3, -0.25) is 0 Å². The van der Waals surface area contributed by atoms with Crippen LogP contribution in [0.1, 0.15) is 38.2 Å². The lowest BCUT2D eigenvalue weighted by Gasteiger charge is -2.39. The summed E-state index contributed by atoms with van der Waals surface area (Å²) in [5.74, 6) is 0.808. The lowest BCUT2D eigenvalue weighted by molar-refractivity contribution is 0.141. The van der Waals surface area contributed by atoms with Gasteiger partial charge in [0.25, 0.3) is 0 Å². The van der Waals surface area contributed by atoms with E-state index in [0.29, 0.717) is 6.61 Å². The smallest absolute Gasteiger partial charge is 0.319 e. The van der Waals surface area contributed by atoms with Gasteiger partial charge in [-0.1, -0.05) is 6.07 Å². The van der Waals surface area contributed by atoms with Crippen LogP contribution < -0.4 is 15.4 Å². The van der Waals surface area contributed by atoms with Crippen LogP contribution in [0.15, 0.2) is 18.2 Å². The Bertz CT molecular complexity index is 549. The van der Waals surface area contributed by atoms with E-state index in [1.54, 1.807) is 0 Å². The number of carbonyl (C=O) groups is 1. The van der Waals surface area contributed by atoms with Crippen molar-refractivity contribution < 1.29 is 14.3 Å². The van der Waals surface area contributed by atoms with Crippen LogP contribution in [0.2, 0.25) is 0 Å². The molecule has 22 heavy (non-hydrogen) atoms. The third-order valence-electron chi connectivity index (χ3n) is 4.50. The zero-order valence-electron chi connectivity index (χ0n) is 13.3. The van der Waals surface area contributed by atoms with Gasteiger partial charge in [0, 0.05) is 23.7 Å². The van der Waals surface area contributed by atoms with Crippen molar-refractivity contribution >= 4 is 11.7 Å². The van der Waals surface area contributed by atoms with Crippen molar-refractivity contribution in [2.24, 2.45) is 0 Å². The summed E-state index contributed by atoms with van der Waals surface area (Å²) < 4.78 is 11.3. The number of ether oxygens (including phenoxy) is 2. The van der Waals surface area contributed by atoms with Crippen LogP contribution in [0.25, 0.3) is 0 Å². The molecule has 1 aliphatic heterocycles. The number of benzene rings is 1. The van der Waals surface area contributed by atoms with Gasteiger partial charge in [-0.2, -0.15) is 0 Å². The highest BCUT2D eigenvalue weighted by atomic mass is 16.5. The highest BCUT2D eigenvalue weighted by Gasteiger charge is 2.33. The van der Waals surface area contributed by atoms with Crippen LogP contribution in [0.5, 0.6) is 5.75 Å². The molecular formula is C17H24N2O3. The minimum Gasteiger partial charge on any atom is -0.488 e. The van der Waals surface area contributed by atoms with Crippen LogP contribution >= 0.6 is 0 Å². The molecule has 1 aromatic carbocycles. The van der Waals surface area contributed by atoms with Crippen molar-refractivity contribution in [1.82, 2.24) is 5.32 Å². The standard InChI is InChI=1S/C17H24N2O3/c1-12-4-5-13(10-15(12)22-14-6-9-21-11-14)18-16(20)19-17(2)7-3-8-17/h4-5,10,14H,3,6-9,11H2,1-2H3,(H2,18,19,20)/t14-/m0/s1. The van der Waals surface area contributed by atoms with Gasteiger partial charge in [-0.15, -0.1) is 0 Å². The first kappa shape index (κ1) is 15.2. The van der Waals surface area contributed by atoms with Gasteiger partial charge in [-0.25, -0.2) is 4.79 Å². The quantitative estimate of drug-likeness (QED) is 0.898. The molecule has 0 spiro atoms. The van der Waals surface area contributed by atoms with Gasteiger partial charge in [0.1, 0.15) is 11.9 Å². The number of anilines is 1. The van der Waals surface area contributed by atoms with E-state index in [1.807, 2.05) is 25.1 Å². The Morgan fingerprint density at radius 3 is 2.86 bits per heavy atom. The van der Waals surface area contributed by atoms with Gasteiger partial charge in [0.15, 0.2) is 0 Å². The monoisotopic (exact) mass is 304 g/mol. The predicted octanol–water partition coefficient (Wildman–Crippen LogP) is 3.23. The largest absolute Gasteiger partial charge is 0.488 e. The van der Waals surface area contributed by atoms with Gasteiger partial charge < -0.3 is 20.1 Å². The molecule has 0 unspecified atom stereocenters. The molecule has 1 saturated heterocycles. The number of hydrogen-bond donors (Lipinski definition) is 2. The van der Waals surface area contributed by atoms with Gasteiger partial charge in [-0.05, 0) is 44.7 Å². The molecule has 1 saturated carbocycles. The maximum absolute atomic E-state index is 12.1. The summed E-state index contributed by atoms with van der Waals surface area (Å²) >= 11 is 0. The van der Waals surface area contributed by atoms with E-state index in [0.717, 1.165) is 42.9 Å². The Hall–Kier alpha value is -1.75. The zero-order chi connectivity index (χ0) is 15.6. The van der Waals surface area contributed by atoms with Gasteiger partial charge >= 0.3 is 6.03 Å². The minimum atomic E-state index is -0.152. The van der Waals surface area contributed by atoms with E-state index in [9.17, 15) is 4.79 Å². The van der Waals surface area contributed by atoms with Crippen LogP contribution in [-0.4, -0.2) is 30.9 Å². The number of carbonyl (C=O) groups excluding carboxylic acids is 1. The van der Waals surface area contributed by atoms with E-state index >= 15 is 0 Å². The molecule has 0 bridgehead atoms. The van der Waals surface area contributed by atoms with E-state index in [4.69, 9.17) is 9.47 Å². The fourth-order valence-corrected chi connectivity index (χ4v) is 2.86. The zero-order valence-corrected chi connectivity index (χ0v) is 13.3. The van der Waals surface area contributed by atoms with Crippen LogP contribution in [0.3, 0.4) is 0 Å². The molecule has 0 aromatic heterocycles. The second-order valence-corrected chi connectivity index (χ2v) is 6.58. The second-order valence-electron chi connectivity index (χ2n) is 6.58. The summed E-state index contributed by atoms with van der Waals surface area (Å²) in [4.78, 5) is 12.1. The Morgan fingerprint density at radius 2 is 2.23 bits per heavy atom. The maximum atomic E-state index is 12.1. The number of urea groups is 1. The fraction of sp³-hybridized carbons (Fsp3) is 0.588. The van der Waals surface area contributed by atoms with Crippen LogP contribution in [-0.2, 0) is 4.74 Å². The average molecular weight is 304 g/mol. The molecule has 2 amide bonds. The lowest BCUT2D eigenvalue weighted by atomic mass is 9.79. The summed E-state index contributed by atoms with van der Waals surface area (Å²) in [7, 11) is 0. The highest BCUT2D eigenvalue weighted by Crippen LogP contribution is 2.31. The third kappa shape index (κ3) is 3.53. The Morgan fingerprint density at radius 1 is 1.41 bits per heavy atom. The first-order valence-electron chi connectivity index (χ1n) is 7.98. The minimum absolute atomic E-state index is 0.0463. The fourth-order valence-electron chi connectivity index (χ4n) is 2.86. The number of nitrogens with one attached hydrogen (secondary N) is 2. The maximum Gasteiger partial charge on any atom is 0.319 e. The third-order valence-corrected chi connectivity index (χ3v) is 4.50. The SMILES string of the molecule is Cc1ccc(NC(=O)NC2(C)CCC2)cc1O[C@H]1CCOC1. The Labute approximate surface area is 131 Å². The summed E-state index contributed by atoms with van der Waals surface area (Å²) in [5.41, 5.74) is 1.76. The number of amides is 2. The Kier molecular flexibility index (Phi) is 4.25. The van der Waals surface area contributed by atoms with Crippen molar-refractivity contribution in [1.29, 1.82) is 0 Å². The first-order valence-corrected chi connectivity index (χ1v) is 7.98. The van der Waals surface area contributed by atoms with Crippen LogP contribution in [0.4, 0.5) is 10.5 Å². The second kappa shape index (κ2) is 6.16. The van der Waals surface area contributed by atoms with Crippen LogP contribution in [0, 0.1) is 6.92 Å². The molecular weight excluding hydrogens is 280 g/mol. The molecule has 2 aliphatic rings. The van der Waals surface area contributed by atoms with E-state index in [-0.39, 0.29) is 17.7 Å². The summed E-state index contributed by atoms with van der Waals surface area (Å²) in [6.45, 7) is 5.48.